The normalized spacial score (nSPS) is 10.8. The second-order valence-electron chi connectivity index (χ2n) is 6.55. The van der Waals surface area contributed by atoms with E-state index in [-0.39, 0.29) is 23.5 Å². The van der Waals surface area contributed by atoms with E-state index in [1.165, 1.54) is 6.07 Å². The number of halogens is 4. The first-order valence-corrected chi connectivity index (χ1v) is 10.2. The van der Waals surface area contributed by atoms with Crippen LogP contribution in [-0.4, -0.2) is 21.9 Å². The number of ketones is 1. The minimum Gasteiger partial charge on any atom is -0.392 e. The third kappa shape index (κ3) is 5.85. The van der Waals surface area contributed by atoms with Gasteiger partial charge in [-0.1, -0.05) is 35.6 Å². The van der Waals surface area contributed by atoms with Crippen molar-refractivity contribution in [3.05, 3.63) is 90.2 Å². The van der Waals surface area contributed by atoms with Crippen LogP contribution in [0.3, 0.4) is 0 Å². The molecule has 3 aromatic rings. The molecule has 0 aliphatic heterocycles. The highest BCUT2D eigenvalue weighted by atomic mass is 35.5. The first-order chi connectivity index (χ1) is 14.8. The van der Waals surface area contributed by atoms with Crippen LogP contribution >= 0.6 is 22.9 Å². The Labute approximate surface area is 184 Å². The van der Waals surface area contributed by atoms with Crippen molar-refractivity contribution in [2.24, 2.45) is 0 Å². The Morgan fingerprint density at radius 1 is 1.19 bits per heavy atom. The van der Waals surface area contributed by atoms with E-state index in [0.29, 0.717) is 25.6 Å². The number of alkyl halides is 2. The van der Waals surface area contributed by atoms with Gasteiger partial charge in [-0.2, -0.15) is 0 Å². The Morgan fingerprint density at radius 3 is 2.68 bits per heavy atom. The van der Waals surface area contributed by atoms with Gasteiger partial charge in [0.25, 0.3) is 12.0 Å². The molecule has 0 radical (unpaired) electrons. The highest BCUT2D eigenvalue weighted by Gasteiger charge is 2.16. The van der Waals surface area contributed by atoms with Gasteiger partial charge in [0.1, 0.15) is 4.34 Å². The van der Waals surface area contributed by atoms with E-state index in [2.05, 4.69) is 11.8 Å². The summed E-state index contributed by atoms with van der Waals surface area (Å²) in [4.78, 5) is 24.5. The maximum Gasteiger partial charge on any atom is 0.286 e. The van der Waals surface area contributed by atoms with Gasteiger partial charge in [0.2, 0.25) is 0 Å². The second kappa shape index (κ2) is 9.96. The van der Waals surface area contributed by atoms with Crippen LogP contribution in [0.5, 0.6) is 0 Å². The number of hydrogen-bond acceptors (Lipinski definition) is 4. The number of pyridine rings is 1. The quantitative estimate of drug-likeness (QED) is 0.436. The second-order valence-corrected chi connectivity index (χ2v) is 8.21. The average molecular weight is 466 g/mol. The molecule has 2 aromatic heterocycles. The number of aliphatic hydroxyl groups is 1. The summed E-state index contributed by atoms with van der Waals surface area (Å²) in [5, 5.41) is 9.18. The first kappa shape index (κ1) is 22.8. The third-order valence-electron chi connectivity index (χ3n) is 4.21. The largest absolute Gasteiger partial charge is 0.392 e. The fraction of sp³-hybridized carbons (Fsp3) is 0.182. The van der Waals surface area contributed by atoms with E-state index in [4.69, 9.17) is 11.6 Å². The highest BCUT2D eigenvalue weighted by molar-refractivity contribution is 7.18. The van der Waals surface area contributed by atoms with Crippen LogP contribution in [0.1, 0.15) is 31.9 Å². The van der Waals surface area contributed by atoms with Gasteiger partial charge in [0.05, 0.1) is 23.6 Å². The fourth-order valence-electron chi connectivity index (χ4n) is 2.79. The lowest BCUT2D eigenvalue weighted by molar-refractivity contribution is 0.0996. The molecule has 2 heterocycles. The summed E-state index contributed by atoms with van der Waals surface area (Å²) in [5.41, 5.74) is 0.732. The van der Waals surface area contributed by atoms with Crippen molar-refractivity contribution < 1.29 is 23.1 Å². The van der Waals surface area contributed by atoms with Crippen molar-refractivity contribution in [1.29, 1.82) is 0 Å². The first-order valence-electron chi connectivity index (χ1n) is 8.98. The Morgan fingerprint density at radius 2 is 1.97 bits per heavy atom. The molecule has 0 saturated carbocycles. The molecule has 0 atom stereocenters. The van der Waals surface area contributed by atoms with Gasteiger partial charge >= 0.3 is 0 Å². The predicted octanol–water partition coefficient (Wildman–Crippen LogP) is 4.28. The molecule has 1 N–H and O–H groups in total. The number of carbonyl (C=O) groups is 1. The number of Topliss-reactive ketones (excluding diaryl/α,β-unsaturated/α-hetero) is 1. The number of rotatable bonds is 6. The zero-order chi connectivity index (χ0) is 22.5. The lowest BCUT2D eigenvalue weighted by atomic mass is 10.1. The van der Waals surface area contributed by atoms with Gasteiger partial charge in [-0.25, -0.2) is 13.2 Å². The molecule has 4 nitrogen and oxygen atoms in total. The van der Waals surface area contributed by atoms with Gasteiger partial charge in [0, 0.05) is 18.2 Å². The van der Waals surface area contributed by atoms with Gasteiger partial charge in [-0.15, -0.1) is 11.3 Å². The molecule has 0 spiro atoms. The minimum absolute atomic E-state index is 0.0979. The number of hydrogen-bond donors (Lipinski definition) is 1. The number of aromatic nitrogens is 1. The number of aliphatic hydroxyl groups excluding tert-OH is 1. The maximum absolute atomic E-state index is 13.8. The predicted molar refractivity (Wildman–Crippen MR) is 112 cm³/mol. The van der Waals surface area contributed by atoms with Gasteiger partial charge in [-0.05, 0) is 35.4 Å². The number of benzene rings is 1. The number of nitrogens with zero attached hydrogens (tertiary/aromatic N) is 1. The molecule has 0 fully saturated rings. The molecule has 1 aromatic carbocycles. The van der Waals surface area contributed by atoms with Crippen molar-refractivity contribution in [2.45, 2.75) is 26.0 Å². The van der Waals surface area contributed by atoms with Crippen LogP contribution in [0.15, 0.2) is 47.4 Å². The topological polar surface area (TPSA) is 59.3 Å². The Hall–Kier alpha value is -2.86. The van der Waals surface area contributed by atoms with Crippen molar-refractivity contribution in [1.82, 2.24) is 4.57 Å². The van der Waals surface area contributed by atoms with E-state index in [0.717, 1.165) is 23.6 Å². The van der Waals surface area contributed by atoms with E-state index in [1.54, 1.807) is 24.3 Å². The molecular formula is C22H15ClF3NO3S. The summed E-state index contributed by atoms with van der Waals surface area (Å²) >= 11 is 7.18. The van der Waals surface area contributed by atoms with Crippen LogP contribution < -0.4 is 5.56 Å². The molecule has 160 valence electrons. The Kier molecular flexibility index (Phi) is 7.33. The Balaban J connectivity index is 1.81. The van der Waals surface area contributed by atoms with Crippen LogP contribution in [0.2, 0.25) is 4.34 Å². The molecule has 3 rings (SSSR count). The molecular weight excluding hydrogens is 451 g/mol. The number of thiophene rings is 1. The molecule has 0 aliphatic carbocycles. The molecule has 9 heteroatoms. The van der Waals surface area contributed by atoms with Crippen molar-refractivity contribution >= 4 is 28.7 Å². The smallest absolute Gasteiger partial charge is 0.286 e. The molecule has 0 bridgehead atoms. The van der Waals surface area contributed by atoms with Crippen LogP contribution in [0.25, 0.3) is 0 Å². The van der Waals surface area contributed by atoms with Crippen LogP contribution in [0, 0.1) is 17.7 Å². The summed E-state index contributed by atoms with van der Waals surface area (Å²) in [5.74, 6) is 4.17. The van der Waals surface area contributed by atoms with Crippen molar-refractivity contribution in [3.8, 4) is 11.8 Å². The summed E-state index contributed by atoms with van der Waals surface area (Å²) in [6.07, 6.45) is -2.07. The third-order valence-corrected chi connectivity index (χ3v) is 5.61. The molecule has 31 heavy (non-hydrogen) atoms. The summed E-state index contributed by atoms with van der Waals surface area (Å²) in [6, 6.07) is 9.37. The summed E-state index contributed by atoms with van der Waals surface area (Å²) < 4.78 is 39.8. The summed E-state index contributed by atoms with van der Waals surface area (Å²) in [7, 11) is 0. The standard InChI is InChI=1S/C22H15ClF3NO3S/c23-21-16(5-4-13-2-1-3-14(6-13)12-28)9-19(31-21)18(29)8-15-7-17(24)22(30)27(10-15)11-20(25)26/h1-3,6-7,9-10,20,28H,8,11-12H2. The zero-order valence-corrected chi connectivity index (χ0v) is 17.4. The monoisotopic (exact) mass is 465 g/mol. The lowest BCUT2D eigenvalue weighted by Gasteiger charge is -2.08. The van der Waals surface area contributed by atoms with Crippen molar-refractivity contribution in [2.75, 3.05) is 0 Å². The Bertz CT molecular complexity index is 1240. The van der Waals surface area contributed by atoms with E-state index in [1.807, 2.05) is 0 Å². The summed E-state index contributed by atoms with van der Waals surface area (Å²) in [6.45, 7) is -1.07. The molecule has 0 saturated heterocycles. The van der Waals surface area contributed by atoms with E-state index < -0.39 is 30.1 Å². The maximum atomic E-state index is 13.8. The average Bonchev–Trinajstić information content (AvgIpc) is 3.10. The van der Waals surface area contributed by atoms with Gasteiger partial charge < -0.3 is 9.67 Å². The highest BCUT2D eigenvalue weighted by Crippen LogP contribution is 2.28. The molecule has 0 aliphatic rings. The van der Waals surface area contributed by atoms with Crippen LogP contribution in [0.4, 0.5) is 13.2 Å². The minimum atomic E-state index is -2.83. The van der Waals surface area contributed by atoms with Gasteiger partial charge in [-0.3, -0.25) is 9.59 Å². The van der Waals surface area contributed by atoms with E-state index >= 15 is 0 Å². The number of carbonyl (C=O) groups excluding carboxylic acids is 1. The zero-order valence-electron chi connectivity index (χ0n) is 15.9. The van der Waals surface area contributed by atoms with Gasteiger partial charge in [0.15, 0.2) is 11.6 Å². The van der Waals surface area contributed by atoms with E-state index in [9.17, 15) is 27.9 Å². The fourth-order valence-corrected chi connectivity index (χ4v) is 3.92. The SMILES string of the molecule is O=C(Cc1cc(F)c(=O)n(CC(F)F)c1)c1cc(C#Cc2cccc(CO)c2)c(Cl)s1. The molecule has 0 unspecified atom stereocenters. The molecule has 0 amide bonds. The van der Waals surface area contributed by atoms with Crippen molar-refractivity contribution in [3.63, 3.8) is 0 Å². The van der Waals surface area contributed by atoms with Crippen LogP contribution in [-0.2, 0) is 19.6 Å². The lowest BCUT2D eigenvalue weighted by Crippen LogP contribution is -2.26.